The largest absolute Gasteiger partial charge is 0.494 e. The van der Waals surface area contributed by atoms with Gasteiger partial charge in [0.2, 0.25) is 0 Å². The molecule has 5 nitrogen and oxygen atoms in total. The van der Waals surface area contributed by atoms with Crippen LogP contribution in [0.25, 0.3) is 0 Å². The van der Waals surface area contributed by atoms with Crippen LogP contribution in [0.1, 0.15) is 24.8 Å². The van der Waals surface area contributed by atoms with Crippen LogP contribution in [-0.2, 0) is 0 Å². The number of para-hydroxylation sites is 1. The first-order valence-corrected chi connectivity index (χ1v) is 8.98. The number of ether oxygens (including phenoxy) is 1. The predicted molar refractivity (Wildman–Crippen MR) is 101 cm³/mol. The molecule has 0 atom stereocenters. The van der Waals surface area contributed by atoms with Crippen molar-refractivity contribution in [1.82, 2.24) is 4.90 Å². The number of urea groups is 1. The lowest BCUT2D eigenvalue weighted by Crippen LogP contribution is -2.41. The van der Waals surface area contributed by atoms with E-state index in [1.807, 2.05) is 35.2 Å². The summed E-state index contributed by atoms with van der Waals surface area (Å²) in [6.45, 7) is 2.21. The van der Waals surface area contributed by atoms with Crippen molar-refractivity contribution < 1.29 is 9.53 Å². The minimum atomic E-state index is -0.0981. The third kappa shape index (κ3) is 5.00. The zero-order chi connectivity index (χ0) is 18.2. The van der Waals surface area contributed by atoms with Gasteiger partial charge < -0.3 is 15.0 Å². The van der Waals surface area contributed by atoms with Crippen LogP contribution >= 0.6 is 0 Å². The quantitative estimate of drug-likeness (QED) is 0.876. The van der Waals surface area contributed by atoms with Gasteiger partial charge >= 0.3 is 6.03 Å². The Morgan fingerprint density at radius 2 is 1.92 bits per heavy atom. The molecule has 0 unspecified atom stereocenters. The first-order chi connectivity index (χ1) is 12.7. The number of benzene rings is 2. The van der Waals surface area contributed by atoms with E-state index in [1.54, 1.807) is 24.3 Å². The van der Waals surface area contributed by atoms with Crippen LogP contribution in [0, 0.1) is 17.2 Å². The monoisotopic (exact) mass is 349 g/mol. The zero-order valence-corrected chi connectivity index (χ0v) is 14.7. The maximum absolute atomic E-state index is 12.4. The van der Waals surface area contributed by atoms with E-state index < -0.39 is 0 Å². The summed E-state index contributed by atoms with van der Waals surface area (Å²) in [5, 5.41) is 11.8. The molecular weight excluding hydrogens is 326 g/mol. The lowest BCUT2D eigenvalue weighted by atomic mass is 9.94. The number of rotatable bonds is 5. The summed E-state index contributed by atoms with van der Waals surface area (Å²) in [5.74, 6) is 1.49. The first kappa shape index (κ1) is 17.8. The Bertz CT molecular complexity index is 762. The lowest BCUT2D eigenvalue weighted by Gasteiger charge is -2.32. The van der Waals surface area contributed by atoms with Crippen LogP contribution in [0.2, 0.25) is 0 Å². The number of anilines is 1. The Balaban J connectivity index is 1.40. The molecule has 0 radical (unpaired) electrons. The van der Waals surface area contributed by atoms with Crippen LogP contribution in [0.5, 0.6) is 5.75 Å². The van der Waals surface area contributed by atoms with Crippen molar-refractivity contribution in [2.45, 2.75) is 19.3 Å². The number of nitrogens with zero attached hydrogens (tertiary/aromatic N) is 2. The molecule has 0 aromatic heterocycles. The highest BCUT2D eigenvalue weighted by Crippen LogP contribution is 2.22. The lowest BCUT2D eigenvalue weighted by molar-refractivity contribution is 0.170. The Morgan fingerprint density at radius 3 is 2.65 bits per heavy atom. The minimum absolute atomic E-state index is 0.0981. The highest BCUT2D eigenvalue weighted by molar-refractivity contribution is 5.89. The van der Waals surface area contributed by atoms with E-state index in [1.165, 1.54) is 0 Å². The van der Waals surface area contributed by atoms with E-state index in [9.17, 15) is 4.79 Å². The molecule has 1 aliphatic heterocycles. The fourth-order valence-electron chi connectivity index (χ4n) is 3.15. The molecule has 0 aliphatic carbocycles. The molecule has 26 heavy (non-hydrogen) atoms. The van der Waals surface area contributed by atoms with Gasteiger partial charge in [-0.3, -0.25) is 0 Å². The second-order valence-corrected chi connectivity index (χ2v) is 6.50. The summed E-state index contributed by atoms with van der Waals surface area (Å²) in [5.41, 5.74) is 1.20. The van der Waals surface area contributed by atoms with Gasteiger partial charge in [-0.25, -0.2) is 4.79 Å². The highest BCUT2D eigenvalue weighted by atomic mass is 16.5. The second-order valence-electron chi connectivity index (χ2n) is 6.50. The van der Waals surface area contributed by atoms with Crippen molar-refractivity contribution in [3.63, 3.8) is 0 Å². The van der Waals surface area contributed by atoms with E-state index in [0.717, 1.165) is 38.1 Å². The van der Waals surface area contributed by atoms with Crippen LogP contribution in [0.4, 0.5) is 10.5 Å². The number of piperidine rings is 1. The molecular formula is C21H23N3O2. The highest BCUT2D eigenvalue weighted by Gasteiger charge is 2.22. The number of carbonyl (C=O) groups excluding carboxylic acids is 1. The number of nitrogens with one attached hydrogen (secondary N) is 1. The second kappa shape index (κ2) is 8.91. The molecule has 2 aromatic rings. The summed E-state index contributed by atoms with van der Waals surface area (Å²) < 4.78 is 5.76. The smallest absolute Gasteiger partial charge is 0.321 e. The molecule has 1 saturated heterocycles. The van der Waals surface area contributed by atoms with Gasteiger partial charge in [-0.1, -0.05) is 24.3 Å². The van der Waals surface area contributed by atoms with Gasteiger partial charge in [0.25, 0.3) is 0 Å². The van der Waals surface area contributed by atoms with E-state index in [0.29, 0.717) is 23.8 Å². The van der Waals surface area contributed by atoms with E-state index >= 15 is 0 Å². The minimum Gasteiger partial charge on any atom is -0.494 e. The fourth-order valence-corrected chi connectivity index (χ4v) is 3.15. The summed E-state index contributed by atoms with van der Waals surface area (Å²) >= 11 is 0. The molecule has 0 bridgehead atoms. The number of hydrogen-bond donors (Lipinski definition) is 1. The average molecular weight is 349 g/mol. The van der Waals surface area contributed by atoms with Crippen LogP contribution in [0.15, 0.2) is 54.6 Å². The summed E-state index contributed by atoms with van der Waals surface area (Å²) in [6, 6.07) is 18.8. The number of likely N-dealkylation sites (tertiary alicyclic amines) is 1. The maximum Gasteiger partial charge on any atom is 0.321 e. The van der Waals surface area contributed by atoms with Gasteiger partial charge in [-0.2, -0.15) is 5.26 Å². The molecule has 134 valence electrons. The Kier molecular flexibility index (Phi) is 6.10. The molecule has 0 saturated carbocycles. The van der Waals surface area contributed by atoms with Crippen LogP contribution in [-0.4, -0.2) is 30.6 Å². The van der Waals surface area contributed by atoms with E-state index in [-0.39, 0.29) is 6.03 Å². The van der Waals surface area contributed by atoms with Crippen molar-refractivity contribution in [2.24, 2.45) is 5.92 Å². The van der Waals surface area contributed by atoms with Gasteiger partial charge in [-0.05, 0) is 55.5 Å². The van der Waals surface area contributed by atoms with Crippen molar-refractivity contribution in [3.05, 3.63) is 60.2 Å². The molecule has 2 aromatic carbocycles. The van der Waals surface area contributed by atoms with E-state index in [4.69, 9.17) is 10.00 Å². The van der Waals surface area contributed by atoms with Gasteiger partial charge in [0.1, 0.15) is 5.75 Å². The van der Waals surface area contributed by atoms with Gasteiger partial charge in [-0.15, -0.1) is 0 Å². The molecule has 1 aliphatic rings. The molecule has 1 N–H and O–H groups in total. The third-order valence-electron chi connectivity index (χ3n) is 4.68. The zero-order valence-electron chi connectivity index (χ0n) is 14.7. The number of hydrogen-bond acceptors (Lipinski definition) is 3. The van der Waals surface area contributed by atoms with Gasteiger partial charge in [0.05, 0.1) is 18.2 Å². The molecule has 1 heterocycles. The molecule has 3 rings (SSSR count). The van der Waals surface area contributed by atoms with Gasteiger partial charge in [0, 0.05) is 18.8 Å². The Hall–Kier alpha value is -3.00. The Labute approximate surface area is 154 Å². The molecule has 0 spiro atoms. The van der Waals surface area contributed by atoms with Crippen molar-refractivity contribution in [3.8, 4) is 11.8 Å². The average Bonchev–Trinajstić information content (AvgIpc) is 2.69. The van der Waals surface area contributed by atoms with Gasteiger partial charge in [0.15, 0.2) is 0 Å². The van der Waals surface area contributed by atoms with Crippen molar-refractivity contribution in [1.29, 1.82) is 5.26 Å². The van der Waals surface area contributed by atoms with Crippen LogP contribution < -0.4 is 10.1 Å². The van der Waals surface area contributed by atoms with Crippen LogP contribution in [0.3, 0.4) is 0 Å². The predicted octanol–water partition coefficient (Wildman–Crippen LogP) is 4.27. The summed E-state index contributed by atoms with van der Waals surface area (Å²) in [7, 11) is 0. The number of nitriles is 1. The topological polar surface area (TPSA) is 65.4 Å². The molecule has 2 amide bonds. The SMILES string of the molecule is N#Cc1cccc(NC(=O)N2CCC(CCOc3ccccc3)CC2)c1. The van der Waals surface area contributed by atoms with Crippen molar-refractivity contribution in [2.75, 3.05) is 25.0 Å². The fraction of sp³-hybridized carbons (Fsp3) is 0.333. The van der Waals surface area contributed by atoms with E-state index in [2.05, 4.69) is 11.4 Å². The third-order valence-corrected chi connectivity index (χ3v) is 4.68. The Morgan fingerprint density at radius 1 is 1.15 bits per heavy atom. The van der Waals surface area contributed by atoms with Crippen molar-refractivity contribution >= 4 is 11.7 Å². The number of amides is 2. The molecule has 5 heteroatoms. The summed E-state index contributed by atoms with van der Waals surface area (Å²) in [6.07, 6.45) is 2.99. The first-order valence-electron chi connectivity index (χ1n) is 8.98. The summed E-state index contributed by atoms with van der Waals surface area (Å²) in [4.78, 5) is 14.2. The molecule has 1 fully saturated rings. The normalized spacial score (nSPS) is 14.5. The number of carbonyl (C=O) groups is 1. The standard InChI is InChI=1S/C21H23N3O2/c22-16-18-5-4-6-19(15-18)23-21(25)24-12-9-17(10-13-24)11-14-26-20-7-2-1-3-8-20/h1-8,15,17H,9-14H2,(H,23,25). The maximum atomic E-state index is 12.4.